The van der Waals surface area contributed by atoms with Crippen molar-refractivity contribution in [2.45, 2.75) is 57.8 Å². The van der Waals surface area contributed by atoms with Crippen LogP contribution < -0.4 is 19.3 Å². The van der Waals surface area contributed by atoms with Crippen LogP contribution in [0.5, 0.6) is 11.5 Å². The van der Waals surface area contributed by atoms with Crippen LogP contribution in [0.1, 0.15) is 97.2 Å². The van der Waals surface area contributed by atoms with Gasteiger partial charge in [0.2, 0.25) is 0 Å². The first-order valence-electron chi connectivity index (χ1n) is 31.7. The minimum absolute atomic E-state index is 0.176. The van der Waals surface area contributed by atoms with E-state index < -0.39 is 0 Å². The maximum atomic E-state index is 5.59. The van der Waals surface area contributed by atoms with Crippen LogP contribution in [0.3, 0.4) is 0 Å². The van der Waals surface area contributed by atoms with Gasteiger partial charge in [-0.1, -0.05) is 236 Å². The molecule has 4 nitrogen and oxygen atoms in total. The summed E-state index contributed by atoms with van der Waals surface area (Å²) >= 11 is 0. The molecule has 12 aromatic rings. The van der Waals surface area contributed by atoms with Gasteiger partial charge >= 0.3 is 0 Å². The Kier molecular flexibility index (Phi) is 14.0. The highest BCUT2D eigenvalue weighted by Gasteiger charge is 2.39. The molecule has 0 unspecified atom stereocenters. The van der Waals surface area contributed by atoms with E-state index in [2.05, 4.69) is 318 Å². The molecule has 0 saturated heterocycles. The first-order valence-corrected chi connectivity index (χ1v) is 31.7. The lowest BCUT2D eigenvalue weighted by atomic mass is 9.81. The minimum atomic E-state index is -0.226. The monoisotopic (exact) mass is 1180 g/mol. The van der Waals surface area contributed by atoms with Crippen LogP contribution in [0.25, 0.3) is 79.9 Å². The normalized spacial score (nSPS) is 14.1. The predicted octanol–water partition coefficient (Wildman–Crippen LogP) is 23.2. The number of benzene rings is 12. The Morgan fingerprint density at radius 2 is 0.505 bits per heavy atom. The van der Waals surface area contributed by atoms with Crippen molar-refractivity contribution in [1.29, 1.82) is 0 Å². The third-order valence-corrected chi connectivity index (χ3v) is 19.6. The third-order valence-electron chi connectivity index (χ3n) is 19.6. The van der Waals surface area contributed by atoms with Crippen LogP contribution >= 0.6 is 0 Å². The summed E-state index contributed by atoms with van der Waals surface area (Å²) in [4.78, 5) is 4.73. The van der Waals surface area contributed by atoms with Crippen molar-refractivity contribution in [1.82, 2.24) is 0 Å². The summed E-state index contributed by atoms with van der Waals surface area (Å²) in [5, 5.41) is 0. The van der Waals surface area contributed by atoms with E-state index in [1.165, 1.54) is 111 Å². The number of rotatable bonds is 14. The predicted molar refractivity (Wildman–Crippen MR) is 383 cm³/mol. The largest absolute Gasteiger partial charge is 0.497 e. The molecule has 3 aliphatic rings. The number of hydrogen-bond donors (Lipinski definition) is 0. The van der Waals surface area contributed by atoms with Crippen LogP contribution in [-0.4, -0.2) is 14.2 Å². The molecule has 0 spiro atoms. The number of hydrogen-bond acceptors (Lipinski definition) is 4. The SMILES string of the molecule is COc1ccc(N(c2cccc(-c3ccccc3)c2)c2ccc3c(c2)C(C)(C)c2cc(/C=C/c4ccc5c(c4)C(C)(C)c4cc(/C=C/c6ccc7c(c6)C(C)(C)c6cc(N(c8ccc(OC)cc8)c8cccc(-c9ccccc9)c8)ccc6-7)ccc4-5)ccc2-3)cc1. The Bertz CT molecular complexity index is 4550. The zero-order chi connectivity index (χ0) is 62.2. The van der Waals surface area contributed by atoms with E-state index in [-0.39, 0.29) is 16.2 Å². The third kappa shape index (κ3) is 10.0. The molecule has 0 saturated carbocycles. The van der Waals surface area contributed by atoms with Gasteiger partial charge in [0.05, 0.1) is 14.2 Å². The van der Waals surface area contributed by atoms with E-state index in [1.807, 2.05) is 24.3 Å². The summed E-state index contributed by atoms with van der Waals surface area (Å²) in [6.07, 6.45) is 9.15. The van der Waals surface area contributed by atoms with Gasteiger partial charge in [-0.2, -0.15) is 0 Å². The van der Waals surface area contributed by atoms with Gasteiger partial charge in [0.1, 0.15) is 11.5 Å². The standard InChI is InChI=1S/C87H72N2O2/c1-85(2)79-49-57(25-27-59-31-45-75-77-47-37-69(55-83(77)86(3,4)81(75)51-59)88(65-33-39-71(90-7)40-34-65)67-23-15-21-63(53-67)61-17-11-9-12-18-61)29-43-73(79)74-44-30-58(50-80(74)85)26-28-60-32-46-76-78-48-38-70(56-84(78)87(5,6)82(76)52-60)89(66-35-41-72(91-8)42-36-66)68-24-16-22-64(54-68)62-19-13-10-14-20-62/h9-56H,1-8H3/b27-25+,28-26+. The maximum Gasteiger partial charge on any atom is 0.119 e. The molecule has 0 amide bonds. The molecular formula is C87H72N2O2. The summed E-state index contributed by atoms with van der Waals surface area (Å²) in [5.41, 5.74) is 31.3. The van der Waals surface area contributed by atoms with Crippen molar-refractivity contribution in [2.75, 3.05) is 24.0 Å². The molecule has 442 valence electrons. The van der Waals surface area contributed by atoms with E-state index in [4.69, 9.17) is 9.47 Å². The molecular weight excluding hydrogens is 1100 g/mol. The Hall–Kier alpha value is -10.7. The number of anilines is 6. The van der Waals surface area contributed by atoms with Crippen LogP contribution in [0.4, 0.5) is 34.1 Å². The van der Waals surface area contributed by atoms with Gasteiger partial charge < -0.3 is 19.3 Å². The average molecular weight is 1180 g/mol. The number of nitrogens with zero attached hydrogens (tertiary/aromatic N) is 2. The topological polar surface area (TPSA) is 24.9 Å². The molecule has 4 heteroatoms. The van der Waals surface area contributed by atoms with Gasteiger partial charge in [-0.25, -0.2) is 0 Å². The van der Waals surface area contributed by atoms with Crippen molar-refractivity contribution in [3.05, 3.63) is 323 Å². The first-order chi connectivity index (χ1) is 44.2. The summed E-state index contributed by atoms with van der Waals surface area (Å²) < 4.78 is 11.2. The fraction of sp³-hybridized carbons (Fsp3) is 0.126. The number of fused-ring (bicyclic) bond motifs is 9. The molecule has 0 aliphatic heterocycles. The molecule has 12 aromatic carbocycles. The Morgan fingerprint density at radius 3 is 0.813 bits per heavy atom. The molecule has 0 atom stereocenters. The summed E-state index contributed by atoms with van der Waals surface area (Å²) in [5.74, 6) is 1.66. The highest BCUT2D eigenvalue weighted by molar-refractivity contribution is 5.91. The van der Waals surface area contributed by atoms with Crippen LogP contribution in [0.2, 0.25) is 0 Å². The molecule has 0 radical (unpaired) electrons. The molecule has 0 fully saturated rings. The van der Waals surface area contributed by atoms with Crippen molar-refractivity contribution < 1.29 is 9.47 Å². The Balaban J connectivity index is 0.662. The lowest BCUT2D eigenvalue weighted by molar-refractivity contribution is 0.414. The fourth-order valence-corrected chi connectivity index (χ4v) is 14.6. The summed E-state index contributed by atoms with van der Waals surface area (Å²) in [6.45, 7) is 14.3. The lowest BCUT2D eigenvalue weighted by Crippen LogP contribution is -2.16. The van der Waals surface area contributed by atoms with E-state index in [9.17, 15) is 0 Å². The smallest absolute Gasteiger partial charge is 0.119 e. The zero-order valence-corrected chi connectivity index (χ0v) is 52.9. The fourth-order valence-electron chi connectivity index (χ4n) is 14.6. The summed E-state index contributed by atoms with van der Waals surface area (Å²) in [7, 11) is 3.43. The maximum absolute atomic E-state index is 5.59. The number of methoxy groups -OCH3 is 2. The van der Waals surface area contributed by atoms with Crippen molar-refractivity contribution in [3.8, 4) is 67.1 Å². The van der Waals surface area contributed by atoms with Crippen molar-refractivity contribution in [3.63, 3.8) is 0 Å². The minimum Gasteiger partial charge on any atom is -0.497 e. The Morgan fingerprint density at radius 1 is 0.242 bits per heavy atom. The first kappa shape index (κ1) is 56.8. The van der Waals surface area contributed by atoms with E-state index in [1.54, 1.807) is 14.2 Å². The second-order valence-corrected chi connectivity index (χ2v) is 26.1. The van der Waals surface area contributed by atoms with E-state index in [0.29, 0.717) is 0 Å². The van der Waals surface area contributed by atoms with Crippen molar-refractivity contribution in [2.24, 2.45) is 0 Å². The van der Waals surface area contributed by atoms with Crippen LogP contribution in [-0.2, 0) is 16.2 Å². The molecule has 15 rings (SSSR count). The quantitative estimate of drug-likeness (QED) is 0.101. The number of ether oxygens (including phenoxy) is 2. The average Bonchev–Trinajstić information content (AvgIpc) is 1.89. The molecule has 0 N–H and O–H groups in total. The molecule has 3 aliphatic carbocycles. The highest BCUT2D eigenvalue weighted by atomic mass is 16.5. The second kappa shape index (κ2) is 22.4. The lowest BCUT2D eigenvalue weighted by Gasteiger charge is -2.28. The van der Waals surface area contributed by atoms with Crippen LogP contribution in [0.15, 0.2) is 267 Å². The molecule has 91 heavy (non-hydrogen) atoms. The van der Waals surface area contributed by atoms with E-state index in [0.717, 1.165) is 45.6 Å². The molecule has 0 aromatic heterocycles. The molecule has 0 bridgehead atoms. The summed E-state index contributed by atoms with van der Waals surface area (Å²) in [6, 6.07) is 97.7. The highest BCUT2D eigenvalue weighted by Crippen LogP contribution is 2.54. The van der Waals surface area contributed by atoms with Crippen LogP contribution in [0, 0.1) is 0 Å². The Labute approximate surface area is 536 Å². The second-order valence-electron chi connectivity index (χ2n) is 26.1. The van der Waals surface area contributed by atoms with Gasteiger partial charge in [-0.15, -0.1) is 0 Å². The van der Waals surface area contributed by atoms with Gasteiger partial charge in [-0.05, 0) is 208 Å². The van der Waals surface area contributed by atoms with Crippen molar-refractivity contribution >= 4 is 58.4 Å². The van der Waals surface area contributed by atoms with Gasteiger partial charge in [0.25, 0.3) is 0 Å². The van der Waals surface area contributed by atoms with E-state index >= 15 is 0 Å². The molecule has 0 heterocycles. The van der Waals surface area contributed by atoms with Gasteiger partial charge in [0, 0.05) is 50.4 Å². The van der Waals surface area contributed by atoms with Gasteiger partial charge in [0.15, 0.2) is 0 Å². The zero-order valence-electron chi connectivity index (χ0n) is 52.9. The van der Waals surface area contributed by atoms with Gasteiger partial charge in [-0.3, -0.25) is 0 Å².